The normalized spacial score (nSPS) is 11.7. The lowest BCUT2D eigenvalue weighted by molar-refractivity contribution is 0.581. The Kier molecular flexibility index (Phi) is 5.03. The quantitative estimate of drug-likeness (QED) is 0.496. The average Bonchev–Trinajstić information content (AvgIpc) is 3.09. The van der Waals surface area contributed by atoms with Crippen LogP contribution in [0.15, 0.2) is 60.9 Å². The van der Waals surface area contributed by atoms with E-state index in [9.17, 15) is 17.2 Å². The summed E-state index contributed by atoms with van der Waals surface area (Å²) in [5.74, 6) is -2.14. The number of imidazole rings is 1. The highest BCUT2D eigenvalue weighted by Crippen LogP contribution is 2.27. The van der Waals surface area contributed by atoms with Gasteiger partial charge in [-0.2, -0.15) is 0 Å². The molecule has 0 aliphatic rings. The molecule has 1 N–H and O–H groups in total. The maximum Gasteiger partial charge on any atom is 0.237 e. The molecule has 8 heteroatoms. The number of aryl methyl sites for hydroxylation is 2. The number of hydrogen-bond acceptors (Lipinski definition) is 3. The van der Waals surface area contributed by atoms with Crippen molar-refractivity contribution in [3.05, 3.63) is 89.2 Å². The fraction of sp³-hybridized carbons (Fsp3) is 0.136. The molecule has 5 nitrogen and oxygen atoms in total. The Morgan fingerprint density at radius 2 is 1.83 bits per heavy atom. The van der Waals surface area contributed by atoms with Crippen LogP contribution in [0.2, 0.25) is 0 Å². The average molecular weight is 427 g/mol. The minimum absolute atomic E-state index is 0.230. The summed E-state index contributed by atoms with van der Waals surface area (Å²) in [5, 5.41) is 0. The summed E-state index contributed by atoms with van der Waals surface area (Å²) in [6.45, 7) is 3.74. The third-order valence-electron chi connectivity index (χ3n) is 4.77. The number of benzene rings is 2. The molecule has 0 fully saturated rings. The number of rotatable bonds is 5. The predicted octanol–water partition coefficient (Wildman–Crippen LogP) is 4.84. The number of nitrogens with one attached hydrogen (secondary N) is 1. The van der Waals surface area contributed by atoms with Gasteiger partial charge in [-0.25, -0.2) is 22.2 Å². The van der Waals surface area contributed by atoms with E-state index in [1.54, 1.807) is 19.1 Å². The smallest absolute Gasteiger partial charge is 0.237 e. The molecule has 0 bridgehead atoms. The number of nitrogens with zero attached hydrogens (tertiary/aromatic N) is 2. The zero-order chi connectivity index (χ0) is 21.5. The molecule has 4 rings (SSSR count). The van der Waals surface area contributed by atoms with Crippen LogP contribution in [0.5, 0.6) is 0 Å². The van der Waals surface area contributed by atoms with Crippen LogP contribution in [0.3, 0.4) is 0 Å². The molecule has 0 aliphatic carbocycles. The lowest BCUT2D eigenvalue weighted by Gasteiger charge is -2.12. The highest BCUT2D eigenvalue weighted by atomic mass is 32.2. The van der Waals surface area contributed by atoms with E-state index >= 15 is 0 Å². The fourth-order valence-electron chi connectivity index (χ4n) is 3.18. The Balaban J connectivity index is 1.65. The highest BCUT2D eigenvalue weighted by molar-refractivity contribution is 7.91. The molecule has 0 aliphatic heterocycles. The third kappa shape index (κ3) is 4.18. The van der Waals surface area contributed by atoms with Gasteiger partial charge in [0.25, 0.3) is 0 Å². The molecule has 0 spiro atoms. The minimum Gasteiger partial charge on any atom is -0.306 e. The first-order valence-corrected chi connectivity index (χ1v) is 10.9. The van der Waals surface area contributed by atoms with E-state index in [1.807, 2.05) is 41.9 Å². The summed E-state index contributed by atoms with van der Waals surface area (Å²) in [6, 6.07) is 12.0. The Hall–Kier alpha value is -3.26. The first-order chi connectivity index (χ1) is 14.2. The number of sulfonamides is 1. The molecule has 0 unspecified atom stereocenters. The number of fused-ring (bicyclic) bond motifs is 1. The highest BCUT2D eigenvalue weighted by Gasteiger charge is 2.17. The van der Waals surface area contributed by atoms with Gasteiger partial charge in [0.05, 0.1) is 17.1 Å². The van der Waals surface area contributed by atoms with Gasteiger partial charge in [-0.3, -0.25) is 4.72 Å². The number of halogens is 2. The van der Waals surface area contributed by atoms with E-state index in [4.69, 9.17) is 0 Å². The van der Waals surface area contributed by atoms with Gasteiger partial charge in [-0.1, -0.05) is 12.1 Å². The number of anilines is 1. The molecule has 0 amide bonds. The van der Waals surface area contributed by atoms with Gasteiger partial charge < -0.3 is 4.40 Å². The summed E-state index contributed by atoms with van der Waals surface area (Å²) in [4.78, 5) is 4.59. The number of pyridine rings is 1. The van der Waals surface area contributed by atoms with Crippen LogP contribution in [-0.4, -0.2) is 17.8 Å². The van der Waals surface area contributed by atoms with E-state index < -0.39 is 27.4 Å². The second-order valence-corrected chi connectivity index (χ2v) is 8.94. The van der Waals surface area contributed by atoms with E-state index in [0.29, 0.717) is 16.9 Å². The summed E-state index contributed by atoms with van der Waals surface area (Å²) in [6.07, 6.45) is 3.77. The molecule has 2 aromatic heterocycles. The Labute approximate surface area is 173 Å². The number of aromatic nitrogens is 2. The molecule has 0 radical (unpaired) electrons. The molecule has 0 saturated carbocycles. The van der Waals surface area contributed by atoms with Crippen LogP contribution >= 0.6 is 0 Å². The summed E-state index contributed by atoms with van der Waals surface area (Å²) < 4.78 is 56.8. The third-order valence-corrected chi connectivity index (χ3v) is 5.99. The first kappa shape index (κ1) is 20.0. The monoisotopic (exact) mass is 427 g/mol. The van der Waals surface area contributed by atoms with E-state index in [0.717, 1.165) is 35.0 Å². The zero-order valence-corrected chi connectivity index (χ0v) is 17.2. The Bertz CT molecular complexity index is 1360. The van der Waals surface area contributed by atoms with E-state index in [1.165, 1.54) is 0 Å². The van der Waals surface area contributed by atoms with Crippen molar-refractivity contribution in [3.63, 3.8) is 0 Å². The van der Waals surface area contributed by atoms with Crippen molar-refractivity contribution in [3.8, 4) is 11.3 Å². The van der Waals surface area contributed by atoms with Gasteiger partial charge in [0.2, 0.25) is 10.0 Å². The van der Waals surface area contributed by atoms with Gasteiger partial charge in [0, 0.05) is 23.5 Å². The maximum atomic E-state index is 13.9. The second-order valence-electron chi connectivity index (χ2n) is 7.22. The fourth-order valence-corrected chi connectivity index (χ4v) is 4.43. The SMILES string of the molecule is Cc1ccn2cc(-c3ccc(C)c(NS(=O)(=O)Cc4cc(F)ccc4F)c3)nc2c1. The summed E-state index contributed by atoms with van der Waals surface area (Å²) >= 11 is 0. The zero-order valence-electron chi connectivity index (χ0n) is 16.4. The lowest BCUT2D eigenvalue weighted by Crippen LogP contribution is -2.16. The summed E-state index contributed by atoms with van der Waals surface area (Å²) in [5.41, 5.74) is 4.12. The molecule has 2 aromatic carbocycles. The standard InChI is InChI=1S/C22H19F2N3O2S/c1-14-7-8-27-12-21(25-22(27)9-14)16-4-3-15(2)20(11-16)26-30(28,29)13-17-10-18(23)5-6-19(17)24/h3-12,26H,13H2,1-2H3. The van der Waals surface area contributed by atoms with Crippen LogP contribution in [0.1, 0.15) is 16.7 Å². The van der Waals surface area contributed by atoms with Crippen LogP contribution < -0.4 is 4.72 Å². The minimum atomic E-state index is -3.96. The van der Waals surface area contributed by atoms with Crippen molar-refractivity contribution in [2.45, 2.75) is 19.6 Å². The van der Waals surface area contributed by atoms with Crippen molar-refractivity contribution in [1.29, 1.82) is 0 Å². The molecular weight excluding hydrogens is 408 g/mol. The number of hydrogen-bond donors (Lipinski definition) is 1. The molecule has 0 saturated heterocycles. The summed E-state index contributed by atoms with van der Waals surface area (Å²) in [7, 11) is -3.96. The largest absolute Gasteiger partial charge is 0.306 e. The molecule has 154 valence electrons. The van der Waals surface area contributed by atoms with Crippen molar-refractivity contribution in [2.75, 3.05) is 4.72 Å². The molecule has 4 aromatic rings. The van der Waals surface area contributed by atoms with Crippen LogP contribution in [0, 0.1) is 25.5 Å². The van der Waals surface area contributed by atoms with Gasteiger partial charge in [0.15, 0.2) is 0 Å². The van der Waals surface area contributed by atoms with Gasteiger partial charge in [-0.05, 0) is 61.4 Å². The molecule has 2 heterocycles. The topological polar surface area (TPSA) is 63.5 Å². The Morgan fingerprint density at radius 3 is 2.63 bits per heavy atom. The van der Waals surface area contributed by atoms with Crippen molar-refractivity contribution < 1.29 is 17.2 Å². The van der Waals surface area contributed by atoms with Crippen LogP contribution in [0.4, 0.5) is 14.5 Å². The van der Waals surface area contributed by atoms with Crippen LogP contribution in [0.25, 0.3) is 16.9 Å². The Morgan fingerprint density at radius 1 is 1.03 bits per heavy atom. The van der Waals surface area contributed by atoms with E-state index in [2.05, 4.69) is 9.71 Å². The second kappa shape index (κ2) is 7.53. The van der Waals surface area contributed by atoms with Crippen molar-refractivity contribution in [1.82, 2.24) is 9.38 Å². The maximum absolute atomic E-state index is 13.9. The predicted molar refractivity (Wildman–Crippen MR) is 113 cm³/mol. The van der Waals surface area contributed by atoms with E-state index in [-0.39, 0.29) is 5.56 Å². The first-order valence-electron chi connectivity index (χ1n) is 9.21. The van der Waals surface area contributed by atoms with Gasteiger partial charge >= 0.3 is 0 Å². The molecule has 0 atom stereocenters. The van der Waals surface area contributed by atoms with Crippen molar-refractivity contribution in [2.24, 2.45) is 0 Å². The van der Waals surface area contributed by atoms with Gasteiger partial charge in [-0.15, -0.1) is 0 Å². The molecular formula is C22H19F2N3O2S. The lowest BCUT2D eigenvalue weighted by atomic mass is 10.1. The van der Waals surface area contributed by atoms with Gasteiger partial charge in [0.1, 0.15) is 17.3 Å². The van der Waals surface area contributed by atoms with Crippen LogP contribution in [-0.2, 0) is 15.8 Å². The molecule has 30 heavy (non-hydrogen) atoms. The van der Waals surface area contributed by atoms with Crippen molar-refractivity contribution >= 4 is 21.4 Å².